The van der Waals surface area contributed by atoms with Gasteiger partial charge in [0.2, 0.25) is 0 Å². The summed E-state index contributed by atoms with van der Waals surface area (Å²) in [6.45, 7) is -0.172. The number of rotatable bonds is 1. The lowest BCUT2D eigenvalue weighted by Crippen LogP contribution is -2.28. The number of esters is 1. The minimum Gasteiger partial charge on any atom is -0.482 e. The van der Waals surface area contributed by atoms with Crippen LogP contribution in [0.2, 0.25) is 0 Å². The van der Waals surface area contributed by atoms with Crippen LogP contribution in [0.4, 0.5) is 18.9 Å². The molecule has 0 unspecified atom stereocenters. The molecule has 0 saturated heterocycles. The highest BCUT2D eigenvalue weighted by Gasteiger charge is 2.41. The third-order valence-corrected chi connectivity index (χ3v) is 2.03. The van der Waals surface area contributed by atoms with Crippen LogP contribution in [0.25, 0.3) is 0 Å². The van der Waals surface area contributed by atoms with Crippen LogP contribution in [0.5, 0.6) is 11.5 Å². The predicted octanol–water partition coefficient (Wildman–Crippen LogP) is 1.49. The van der Waals surface area contributed by atoms with Gasteiger partial charge in [-0.3, -0.25) is 4.79 Å². The average Bonchev–Trinajstić information content (AvgIpc) is 2.27. The van der Waals surface area contributed by atoms with Crippen LogP contribution in [-0.2, 0) is 9.59 Å². The van der Waals surface area contributed by atoms with Crippen molar-refractivity contribution in [3.63, 3.8) is 0 Å². The zero-order valence-electron chi connectivity index (χ0n) is 8.71. The number of carbonyl (C=O) groups is 2. The fourth-order valence-corrected chi connectivity index (χ4v) is 1.29. The quantitative estimate of drug-likeness (QED) is 0.614. The van der Waals surface area contributed by atoms with Gasteiger partial charge in [-0.1, -0.05) is 0 Å². The molecule has 1 amide bonds. The van der Waals surface area contributed by atoms with E-state index in [9.17, 15) is 22.8 Å². The highest BCUT2D eigenvalue weighted by Crippen LogP contribution is 2.32. The number of alkyl halides is 3. The number of carbonyl (C=O) groups excluding carboxylic acids is 2. The molecule has 1 aromatic carbocycles. The van der Waals surface area contributed by atoms with Gasteiger partial charge >= 0.3 is 12.1 Å². The van der Waals surface area contributed by atoms with Crippen LogP contribution in [0.15, 0.2) is 18.2 Å². The SMILES string of the molecule is O=C1COc2ccc(OC(=O)C(F)(F)F)cc2N1. The van der Waals surface area contributed by atoms with Gasteiger partial charge in [-0.2, -0.15) is 13.2 Å². The lowest BCUT2D eigenvalue weighted by molar-refractivity contribution is -0.189. The summed E-state index contributed by atoms with van der Waals surface area (Å²) in [5, 5.41) is 2.38. The van der Waals surface area contributed by atoms with Crippen molar-refractivity contribution >= 4 is 17.6 Å². The number of nitrogens with one attached hydrogen (secondary N) is 1. The van der Waals surface area contributed by atoms with E-state index in [-0.39, 0.29) is 18.0 Å². The summed E-state index contributed by atoms with van der Waals surface area (Å²) >= 11 is 0. The highest BCUT2D eigenvalue weighted by atomic mass is 19.4. The van der Waals surface area contributed by atoms with E-state index in [0.717, 1.165) is 12.1 Å². The second-order valence-electron chi connectivity index (χ2n) is 3.38. The topological polar surface area (TPSA) is 64.6 Å². The van der Waals surface area contributed by atoms with Crippen molar-refractivity contribution in [2.45, 2.75) is 6.18 Å². The first-order valence-corrected chi connectivity index (χ1v) is 4.72. The lowest BCUT2D eigenvalue weighted by Gasteiger charge is -2.18. The molecule has 1 aliphatic rings. The van der Waals surface area contributed by atoms with Crippen LogP contribution in [-0.4, -0.2) is 24.7 Å². The Hall–Kier alpha value is -2.25. The largest absolute Gasteiger partial charge is 0.491 e. The summed E-state index contributed by atoms with van der Waals surface area (Å²) < 4.78 is 45.0. The number of amides is 1. The van der Waals surface area contributed by atoms with E-state index in [4.69, 9.17) is 4.74 Å². The first-order valence-electron chi connectivity index (χ1n) is 4.72. The minimum atomic E-state index is -5.07. The average molecular weight is 261 g/mol. The van der Waals surface area contributed by atoms with Gasteiger partial charge in [0.05, 0.1) is 5.69 Å². The molecule has 96 valence electrons. The van der Waals surface area contributed by atoms with E-state index >= 15 is 0 Å². The van der Waals surface area contributed by atoms with Gasteiger partial charge in [-0.05, 0) is 12.1 Å². The first kappa shape index (κ1) is 12.2. The van der Waals surface area contributed by atoms with Gasteiger partial charge in [0, 0.05) is 6.07 Å². The Bertz CT molecular complexity index is 512. The van der Waals surface area contributed by atoms with Crippen LogP contribution in [0.1, 0.15) is 0 Å². The third-order valence-electron chi connectivity index (χ3n) is 2.03. The summed E-state index contributed by atoms with van der Waals surface area (Å²) in [6.07, 6.45) is -5.07. The van der Waals surface area contributed by atoms with Gasteiger partial charge in [0.15, 0.2) is 6.61 Å². The number of benzene rings is 1. The minimum absolute atomic E-state index is 0.152. The number of anilines is 1. The monoisotopic (exact) mass is 261 g/mol. The zero-order valence-corrected chi connectivity index (χ0v) is 8.71. The molecule has 0 aliphatic carbocycles. The van der Waals surface area contributed by atoms with E-state index in [2.05, 4.69) is 10.1 Å². The van der Waals surface area contributed by atoms with Gasteiger partial charge in [0.1, 0.15) is 11.5 Å². The summed E-state index contributed by atoms with van der Waals surface area (Å²) in [6, 6.07) is 3.52. The fourth-order valence-electron chi connectivity index (χ4n) is 1.29. The maximum Gasteiger partial charge on any atom is 0.491 e. The Kier molecular flexibility index (Phi) is 2.85. The summed E-state index contributed by atoms with van der Waals surface area (Å²) in [5.41, 5.74) is 0.152. The molecular weight excluding hydrogens is 255 g/mol. The van der Waals surface area contributed by atoms with Crippen molar-refractivity contribution in [3.05, 3.63) is 18.2 Å². The van der Waals surface area contributed by atoms with Gasteiger partial charge < -0.3 is 14.8 Å². The molecule has 0 saturated carbocycles. The molecule has 0 bridgehead atoms. The van der Waals surface area contributed by atoms with Crippen molar-refractivity contribution in [2.24, 2.45) is 0 Å². The highest BCUT2D eigenvalue weighted by molar-refractivity contribution is 5.95. The van der Waals surface area contributed by atoms with E-state index < -0.39 is 18.1 Å². The smallest absolute Gasteiger partial charge is 0.482 e. The van der Waals surface area contributed by atoms with Crippen molar-refractivity contribution in [1.29, 1.82) is 0 Å². The summed E-state index contributed by atoms with van der Waals surface area (Å²) in [4.78, 5) is 21.6. The molecule has 0 radical (unpaired) electrons. The number of fused-ring (bicyclic) bond motifs is 1. The Morgan fingerprint density at radius 2 is 2.11 bits per heavy atom. The Morgan fingerprint density at radius 1 is 1.39 bits per heavy atom. The first-order chi connectivity index (χ1) is 8.36. The van der Waals surface area contributed by atoms with Crippen LogP contribution < -0.4 is 14.8 Å². The molecule has 0 spiro atoms. The van der Waals surface area contributed by atoms with E-state index in [1.165, 1.54) is 6.07 Å². The number of hydrogen-bond acceptors (Lipinski definition) is 4. The lowest BCUT2D eigenvalue weighted by atomic mass is 10.2. The Labute approximate surface area is 98.5 Å². The third kappa shape index (κ3) is 2.53. The molecule has 5 nitrogen and oxygen atoms in total. The van der Waals surface area contributed by atoms with Crippen molar-refractivity contribution < 1.29 is 32.2 Å². The number of ether oxygens (including phenoxy) is 2. The van der Waals surface area contributed by atoms with Crippen LogP contribution in [0, 0.1) is 0 Å². The molecule has 2 rings (SSSR count). The van der Waals surface area contributed by atoms with Gasteiger partial charge in [-0.15, -0.1) is 0 Å². The number of halogens is 3. The zero-order chi connectivity index (χ0) is 13.3. The molecule has 0 atom stereocenters. The van der Waals surface area contributed by atoms with E-state index in [1.807, 2.05) is 0 Å². The van der Waals surface area contributed by atoms with E-state index in [0.29, 0.717) is 5.75 Å². The van der Waals surface area contributed by atoms with Gasteiger partial charge in [0.25, 0.3) is 5.91 Å². The molecule has 1 aliphatic heterocycles. The molecular formula is C10H6F3NO4. The van der Waals surface area contributed by atoms with Crippen molar-refractivity contribution in [2.75, 3.05) is 11.9 Å². The van der Waals surface area contributed by atoms with Crippen molar-refractivity contribution in [3.8, 4) is 11.5 Å². The van der Waals surface area contributed by atoms with E-state index in [1.54, 1.807) is 0 Å². The molecule has 1 aromatic rings. The standard InChI is InChI=1S/C10H6F3NO4/c11-10(12,13)9(16)18-5-1-2-7-6(3-5)14-8(15)4-17-7/h1-3H,4H2,(H,14,15). The second-order valence-corrected chi connectivity index (χ2v) is 3.38. The maximum atomic E-state index is 12.0. The molecule has 18 heavy (non-hydrogen) atoms. The van der Waals surface area contributed by atoms with Crippen molar-refractivity contribution in [1.82, 2.24) is 0 Å². The number of hydrogen-bond donors (Lipinski definition) is 1. The normalized spacial score (nSPS) is 14.3. The summed E-state index contributed by atoms with van der Waals surface area (Å²) in [7, 11) is 0. The summed E-state index contributed by atoms with van der Waals surface area (Å²) in [5.74, 6) is -2.81. The maximum absolute atomic E-state index is 12.0. The fraction of sp³-hybridized carbons (Fsp3) is 0.200. The molecule has 0 fully saturated rings. The molecule has 8 heteroatoms. The molecule has 1 N–H and O–H groups in total. The Balaban J connectivity index is 2.19. The second kappa shape index (κ2) is 4.21. The molecule has 1 heterocycles. The van der Waals surface area contributed by atoms with Gasteiger partial charge in [-0.25, -0.2) is 4.79 Å². The molecule has 0 aromatic heterocycles. The van der Waals surface area contributed by atoms with Crippen LogP contribution >= 0.6 is 0 Å². The Morgan fingerprint density at radius 3 is 2.78 bits per heavy atom. The predicted molar refractivity (Wildman–Crippen MR) is 52.3 cm³/mol. The van der Waals surface area contributed by atoms with Crippen LogP contribution in [0.3, 0.4) is 0 Å².